The van der Waals surface area contributed by atoms with E-state index in [4.69, 9.17) is 0 Å². The summed E-state index contributed by atoms with van der Waals surface area (Å²) >= 11 is 0. The third kappa shape index (κ3) is 5.42. The van der Waals surface area contributed by atoms with Crippen LogP contribution in [0, 0.1) is 0 Å². The van der Waals surface area contributed by atoms with E-state index in [1.807, 2.05) is 41.3 Å². The van der Waals surface area contributed by atoms with Gasteiger partial charge in [-0.15, -0.1) is 0 Å². The molecule has 6 heteroatoms. The molecule has 0 unspecified atom stereocenters. The van der Waals surface area contributed by atoms with Crippen molar-refractivity contribution in [2.75, 3.05) is 32.7 Å². The Kier molecular flexibility index (Phi) is 6.78. The number of carbonyl (C=O) groups excluding carboxylic acids is 3. The third-order valence-electron chi connectivity index (χ3n) is 4.89. The number of aryl methyl sites for hydroxylation is 1. The van der Waals surface area contributed by atoms with Crippen LogP contribution in [-0.4, -0.2) is 60.2 Å². The van der Waals surface area contributed by atoms with Gasteiger partial charge in [-0.25, -0.2) is 0 Å². The largest absolute Gasteiger partial charge is 0.343 e. The molecule has 0 radical (unpaired) electrons. The molecule has 3 rings (SSSR count). The fraction of sp³-hybridized carbons (Fsp3) is 0.318. The summed E-state index contributed by atoms with van der Waals surface area (Å²) in [5.74, 6) is -0.266. The van der Waals surface area contributed by atoms with Gasteiger partial charge in [0.05, 0.1) is 6.54 Å². The van der Waals surface area contributed by atoms with Gasteiger partial charge in [0.2, 0.25) is 11.8 Å². The Labute approximate surface area is 165 Å². The average molecular weight is 379 g/mol. The first kappa shape index (κ1) is 19.6. The summed E-state index contributed by atoms with van der Waals surface area (Å²) in [4.78, 5) is 40.3. The highest BCUT2D eigenvalue weighted by molar-refractivity contribution is 5.96. The quantitative estimate of drug-likeness (QED) is 0.831. The first-order chi connectivity index (χ1) is 13.6. The SMILES string of the molecule is O=C(NCC(=O)N1CCN(C(=O)CCc2ccccc2)CC1)c1ccccc1. The van der Waals surface area contributed by atoms with Crippen LogP contribution >= 0.6 is 0 Å². The van der Waals surface area contributed by atoms with Crippen molar-refractivity contribution in [3.05, 3.63) is 71.8 Å². The van der Waals surface area contributed by atoms with Crippen LogP contribution in [0.2, 0.25) is 0 Å². The lowest BCUT2D eigenvalue weighted by Crippen LogP contribution is -2.52. The number of nitrogens with zero attached hydrogens (tertiary/aromatic N) is 2. The third-order valence-corrected chi connectivity index (χ3v) is 4.89. The first-order valence-corrected chi connectivity index (χ1v) is 9.56. The highest BCUT2D eigenvalue weighted by Crippen LogP contribution is 2.08. The highest BCUT2D eigenvalue weighted by Gasteiger charge is 2.24. The van der Waals surface area contributed by atoms with E-state index < -0.39 is 0 Å². The van der Waals surface area contributed by atoms with Gasteiger partial charge in [0.1, 0.15) is 0 Å². The summed E-state index contributed by atoms with van der Waals surface area (Å²) in [6, 6.07) is 18.8. The highest BCUT2D eigenvalue weighted by atomic mass is 16.2. The van der Waals surface area contributed by atoms with Crippen LogP contribution in [0.1, 0.15) is 22.3 Å². The van der Waals surface area contributed by atoms with Crippen LogP contribution in [0.5, 0.6) is 0 Å². The number of rotatable bonds is 6. The normalized spacial score (nSPS) is 13.9. The zero-order chi connectivity index (χ0) is 19.8. The lowest BCUT2D eigenvalue weighted by atomic mass is 10.1. The summed E-state index contributed by atoms with van der Waals surface area (Å²) in [5, 5.41) is 2.66. The molecule has 0 saturated carbocycles. The second kappa shape index (κ2) is 9.69. The van der Waals surface area contributed by atoms with Gasteiger partial charge in [-0.05, 0) is 24.1 Å². The molecule has 1 aliphatic heterocycles. The fourth-order valence-electron chi connectivity index (χ4n) is 3.22. The molecule has 2 aromatic rings. The Bertz CT molecular complexity index is 800. The van der Waals surface area contributed by atoms with Crippen LogP contribution in [0.15, 0.2) is 60.7 Å². The predicted molar refractivity (Wildman–Crippen MR) is 107 cm³/mol. The van der Waals surface area contributed by atoms with Crippen LogP contribution in [0.4, 0.5) is 0 Å². The molecule has 2 aromatic carbocycles. The van der Waals surface area contributed by atoms with Crippen LogP contribution in [0.25, 0.3) is 0 Å². The lowest BCUT2D eigenvalue weighted by Gasteiger charge is -2.35. The van der Waals surface area contributed by atoms with Crippen molar-refractivity contribution in [2.24, 2.45) is 0 Å². The van der Waals surface area contributed by atoms with Gasteiger partial charge >= 0.3 is 0 Å². The second-order valence-corrected chi connectivity index (χ2v) is 6.80. The summed E-state index contributed by atoms with van der Waals surface area (Å²) in [7, 11) is 0. The summed E-state index contributed by atoms with van der Waals surface area (Å²) in [5.41, 5.74) is 1.68. The van der Waals surface area contributed by atoms with E-state index in [2.05, 4.69) is 5.32 Å². The number of benzene rings is 2. The molecule has 0 bridgehead atoms. The topological polar surface area (TPSA) is 69.7 Å². The molecule has 28 heavy (non-hydrogen) atoms. The monoisotopic (exact) mass is 379 g/mol. The van der Waals surface area contributed by atoms with Crippen molar-refractivity contribution >= 4 is 17.7 Å². The van der Waals surface area contributed by atoms with Gasteiger partial charge in [-0.1, -0.05) is 48.5 Å². The molecule has 1 N–H and O–H groups in total. The fourth-order valence-corrected chi connectivity index (χ4v) is 3.22. The van der Waals surface area contributed by atoms with Gasteiger partial charge in [0.15, 0.2) is 0 Å². The minimum Gasteiger partial charge on any atom is -0.343 e. The van der Waals surface area contributed by atoms with E-state index in [1.165, 1.54) is 0 Å². The average Bonchev–Trinajstić information content (AvgIpc) is 2.77. The van der Waals surface area contributed by atoms with E-state index in [0.717, 1.165) is 12.0 Å². The Morgan fingerprint density at radius 3 is 1.89 bits per heavy atom. The van der Waals surface area contributed by atoms with Crippen molar-refractivity contribution in [1.29, 1.82) is 0 Å². The molecule has 6 nitrogen and oxygen atoms in total. The molecule has 0 aliphatic carbocycles. The number of carbonyl (C=O) groups is 3. The molecule has 0 spiro atoms. The molecule has 0 atom stereocenters. The van der Waals surface area contributed by atoms with Gasteiger partial charge < -0.3 is 15.1 Å². The smallest absolute Gasteiger partial charge is 0.251 e. The molecule has 146 valence electrons. The summed E-state index contributed by atoms with van der Waals surface area (Å²) in [6.07, 6.45) is 1.20. The van der Waals surface area contributed by atoms with E-state index in [1.54, 1.807) is 29.2 Å². The zero-order valence-corrected chi connectivity index (χ0v) is 15.8. The Hall–Kier alpha value is -3.15. The van der Waals surface area contributed by atoms with E-state index in [-0.39, 0.29) is 24.3 Å². The molecular formula is C22H25N3O3. The van der Waals surface area contributed by atoms with Gasteiger partial charge in [0, 0.05) is 38.2 Å². The van der Waals surface area contributed by atoms with E-state index in [0.29, 0.717) is 38.2 Å². The summed E-state index contributed by atoms with van der Waals surface area (Å²) in [6.45, 7) is 2.03. The number of hydrogen-bond acceptors (Lipinski definition) is 3. The van der Waals surface area contributed by atoms with Crippen LogP contribution < -0.4 is 5.32 Å². The number of amides is 3. The zero-order valence-electron chi connectivity index (χ0n) is 15.8. The van der Waals surface area contributed by atoms with E-state index >= 15 is 0 Å². The molecule has 1 fully saturated rings. The van der Waals surface area contributed by atoms with Crippen molar-refractivity contribution in [3.63, 3.8) is 0 Å². The molecule has 1 heterocycles. The second-order valence-electron chi connectivity index (χ2n) is 6.80. The number of piperazine rings is 1. The van der Waals surface area contributed by atoms with Gasteiger partial charge in [0.25, 0.3) is 5.91 Å². The summed E-state index contributed by atoms with van der Waals surface area (Å²) < 4.78 is 0. The predicted octanol–water partition coefficient (Wildman–Crippen LogP) is 1.72. The Morgan fingerprint density at radius 2 is 1.29 bits per heavy atom. The van der Waals surface area contributed by atoms with Crippen molar-refractivity contribution in [1.82, 2.24) is 15.1 Å². The number of hydrogen-bond donors (Lipinski definition) is 1. The van der Waals surface area contributed by atoms with Gasteiger partial charge in [-0.2, -0.15) is 0 Å². The van der Waals surface area contributed by atoms with Gasteiger partial charge in [-0.3, -0.25) is 14.4 Å². The molecule has 1 aliphatic rings. The lowest BCUT2D eigenvalue weighted by molar-refractivity contribution is -0.138. The Morgan fingerprint density at radius 1 is 0.750 bits per heavy atom. The molecule has 1 saturated heterocycles. The maximum Gasteiger partial charge on any atom is 0.251 e. The number of nitrogens with one attached hydrogen (secondary N) is 1. The van der Waals surface area contributed by atoms with E-state index in [9.17, 15) is 14.4 Å². The molecule has 3 amide bonds. The Balaban J connectivity index is 1.39. The minimum absolute atomic E-state index is 0.0321. The maximum atomic E-state index is 12.4. The van der Waals surface area contributed by atoms with Crippen LogP contribution in [0.3, 0.4) is 0 Å². The van der Waals surface area contributed by atoms with Crippen molar-refractivity contribution in [3.8, 4) is 0 Å². The minimum atomic E-state index is -0.260. The first-order valence-electron chi connectivity index (χ1n) is 9.56. The maximum absolute atomic E-state index is 12.4. The van der Waals surface area contributed by atoms with Crippen LogP contribution in [-0.2, 0) is 16.0 Å². The molecule has 0 aromatic heterocycles. The standard InChI is InChI=1S/C22H25N3O3/c26-20(12-11-18-7-3-1-4-8-18)24-13-15-25(16-14-24)21(27)17-23-22(28)19-9-5-2-6-10-19/h1-10H,11-17H2,(H,23,28). The van der Waals surface area contributed by atoms with Crippen molar-refractivity contribution < 1.29 is 14.4 Å². The van der Waals surface area contributed by atoms with Crippen molar-refractivity contribution in [2.45, 2.75) is 12.8 Å². The molecular weight excluding hydrogens is 354 g/mol.